The monoisotopic (exact) mass is 343 g/mol. The zero-order valence-electron chi connectivity index (χ0n) is 10.0. The quantitative estimate of drug-likeness (QED) is 0.623. The van der Waals surface area contributed by atoms with E-state index in [1.807, 2.05) is 55.5 Å². The van der Waals surface area contributed by atoms with Gasteiger partial charge in [-0.1, -0.05) is 5.92 Å². The van der Waals surface area contributed by atoms with Crippen LogP contribution in [0.4, 0.5) is 10.5 Å². The second-order valence-corrected chi connectivity index (χ2v) is 4.96. The topological polar surface area (TPSA) is 38.3 Å². The molecule has 90 valence electrons. The van der Waals surface area contributed by atoms with Crippen molar-refractivity contribution in [1.29, 1.82) is 0 Å². The van der Waals surface area contributed by atoms with Gasteiger partial charge in [0, 0.05) is 33.8 Å². The average Bonchev–Trinajstić information content (AvgIpc) is 2.18. The molecular formula is C13H14INO2. The predicted octanol–water partition coefficient (Wildman–Crippen LogP) is 3.78. The maximum Gasteiger partial charge on any atom is 0.412 e. The van der Waals surface area contributed by atoms with Crippen LogP contribution >= 0.6 is 22.6 Å². The van der Waals surface area contributed by atoms with Gasteiger partial charge in [0.25, 0.3) is 0 Å². The highest BCUT2D eigenvalue weighted by Crippen LogP contribution is 2.12. The summed E-state index contributed by atoms with van der Waals surface area (Å²) < 4.78 is 7.92. The third kappa shape index (κ3) is 5.59. The predicted molar refractivity (Wildman–Crippen MR) is 77.2 cm³/mol. The van der Waals surface area contributed by atoms with Crippen molar-refractivity contribution >= 4 is 34.4 Å². The van der Waals surface area contributed by atoms with Gasteiger partial charge in [0.1, 0.15) is 5.60 Å². The number of hydrogen-bond donors (Lipinski definition) is 1. The average molecular weight is 343 g/mol. The first-order valence-electron chi connectivity index (χ1n) is 5.12. The van der Waals surface area contributed by atoms with Crippen molar-refractivity contribution < 1.29 is 9.53 Å². The van der Waals surface area contributed by atoms with E-state index < -0.39 is 11.7 Å². The van der Waals surface area contributed by atoms with E-state index in [-0.39, 0.29) is 0 Å². The number of halogens is 1. The lowest BCUT2D eigenvalue weighted by molar-refractivity contribution is 0.0636. The van der Waals surface area contributed by atoms with Crippen LogP contribution in [0, 0.1) is 9.85 Å². The molecule has 1 N–H and O–H groups in total. The Hall–Kier alpha value is -1.22. The van der Waals surface area contributed by atoms with Crippen LogP contribution in [0.25, 0.3) is 0 Å². The Kier molecular flexibility index (Phi) is 4.82. The van der Waals surface area contributed by atoms with E-state index >= 15 is 0 Å². The van der Waals surface area contributed by atoms with Crippen molar-refractivity contribution in [1.82, 2.24) is 0 Å². The first-order valence-corrected chi connectivity index (χ1v) is 6.20. The molecule has 1 aromatic carbocycles. The molecule has 0 heterocycles. The third-order valence-electron chi connectivity index (χ3n) is 1.72. The first-order chi connectivity index (χ1) is 7.90. The van der Waals surface area contributed by atoms with Crippen molar-refractivity contribution in [2.45, 2.75) is 26.4 Å². The van der Waals surface area contributed by atoms with Crippen LogP contribution in [-0.4, -0.2) is 11.7 Å². The second kappa shape index (κ2) is 5.92. The number of anilines is 1. The van der Waals surface area contributed by atoms with Gasteiger partial charge in [-0.2, -0.15) is 0 Å². The molecule has 0 aromatic heterocycles. The van der Waals surface area contributed by atoms with E-state index in [1.54, 1.807) is 12.1 Å². The fraction of sp³-hybridized carbons (Fsp3) is 0.308. The van der Waals surface area contributed by atoms with E-state index in [4.69, 9.17) is 4.74 Å². The van der Waals surface area contributed by atoms with Gasteiger partial charge in [-0.15, -0.1) is 0 Å². The number of benzene rings is 1. The fourth-order valence-corrected chi connectivity index (χ4v) is 1.42. The molecule has 4 heteroatoms. The van der Waals surface area contributed by atoms with Crippen molar-refractivity contribution in [2.75, 3.05) is 5.32 Å². The Morgan fingerprint density at radius 2 is 1.88 bits per heavy atom. The zero-order chi connectivity index (χ0) is 12.9. The van der Waals surface area contributed by atoms with Crippen LogP contribution in [0.2, 0.25) is 0 Å². The molecule has 0 fully saturated rings. The van der Waals surface area contributed by atoms with E-state index in [0.29, 0.717) is 5.69 Å². The van der Waals surface area contributed by atoms with E-state index in [1.165, 1.54) is 0 Å². The highest BCUT2D eigenvalue weighted by molar-refractivity contribution is 14.1. The van der Waals surface area contributed by atoms with Crippen LogP contribution in [0.5, 0.6) is 0 Å². The highest BCUT2D eigenvalue weighted by Gasteiger charge is 2.15. The zero-order valence-corrected chi connectivity index (χ0v) is 12.2. The van der Waals surface area contributed by atoms with Gasteiger partial charge in [-0.05, 0) is 49.0 Å². The van der Waals surface area contributed by atoms with Crippen LogP contribution in [0.15, 0.2) is 24.3 Å². The molecule has 1 rings (SSSR count). The lowest BCUT2D eigenvalue weighted by Gasteiger charge is -2.19. The molecule has 0 saturated heterocycles. The minimum atomic E-state index is -0.489. The summed E-state index contributed by atoms with van der Waals surface area (Å²) >= 11 is 1.98. The number of carbonyl (C=O) groups excluding carboxylic acids is 1. The van der Waals surface area contributed by atoms with Gasteiger partial charge in [0.15, 0.2) is 0 Å². The summed E-state index contributed by atoms with van der Waals surface area (Å²) in [4.78, 5) is 11.5. The summed E-state index contributed by atoms with van der Waals surface area (Å²) in [5, 5.41) is 2.66. The van der Waals surface area contributed by atoms with Gasteiger partial charge < -0.3 is 4.74 Å². The minimum Gasteiger partial charge on any atom is -0.444 e. The van der Waals surface area contributed by atoms with Crippen LogP contribution in [-0.2, 0) is 4.74 Å². The number of hydrogen-bond acceptors (Lipinski definition) is 2. The molecule has 0 atom stereocenters. The summed E-state index contributed by atoms with van der Waals surface area (Å²) in [7, 11) is 0. The first kappa shape index (κ1) is 13.8. The molecule has 1 aromatic rings. The second-order valence-electron chi connectivity index (χ2n) is 4.42. The Balaban J connectivity index is 2.62. The summed E-state index contributed by atoms with van der Waals surface area (Å²) in [6, 6.07) is 7.27. The molecule has 3 nitrogen and oxygen atoms in total. The summed E-state index contributed by atoms with van der Waals surface area (Å²) in [6.07, 6.45) is -0.453. The molecule has 0 aliphatic carbocycles. The van der Waals surface area contributed by atoms with Crippen molar-refractivity contribution in [3.05, 3.63) is 29.8 Å². The Labute approximate surface area is 115 Å². The maximum absolute atomic E-state index is 11.5. The highest BCUT2D eigenvalue weighted by atomic mass is 127. The van der Waals surface area contributed by atoms with Crippen LogP contribution < -0.4 is 5.32 Å². The summed E-state index contributed by atoms with van der Waals surface area (Å²) in [6.45, 7) is 5.48. The molecule has 0 unspecified atom stereocenters. The van der Waals surface area contributed by atoms with Crippen molar-refractivity contribution in [3.8, 4) is 9.85 Å². The van der Waals surface area contributed by atoms with Crippen molar-refractivity contribution in [3.63, 3.8) is 0 Å². The third-order valence-corrected chi connectivity index (χ3v) is 1.99. The summed E-state index contributed by atoms with van der Waals surface area (Å²) in [5.74, 6) is 2.92. The number of carbonyl (C=O) groups is 1. The fourth-order valence-electron chi connectivity index (χ4n) is 1.11. The molecule has 1 amide bonds. The molecular weight excluding hydrogens is 329 g/mol. The molecule has 0 aliphatic heterocycles. The van der Waals surface area contributed by atoms with Crippen molar-refractivity contribution in [2.24, 2.45) is 0 Å². The smallest absolute Gasteiger partial charge is 0.412 e. The molecule has 17 heavy (non-hydrogen) atoms. The Morgan fingerprint density at radius 3 is 2.35 bits per heavy atom. The maximum atomic E-state index is 11.5. The standard InChI is InChI=1S/C13H14INO2/c1-13(2,3)17-12(16)15-11-6-4-10(5-7-11)8-9-14/h4-7H,1-3H3,(H,15,16). The summed E-state index contributed by atoms with van der Waals surface area (Å²) in [5.41, 5.74) is 1.11. The van der Waals surface area contributed by atoms with E-state index in [0.717, 1.165) is 5.56 Å². The lowest BCUT2D eigenvalue weighted by Crippen LogP contribution is -2.27. The van der Waals surface area contributed by atoms with Gasteiger partial charge >= 0.3 is 6.09 Å². The molecule has 0 spiro atoms. The van der Waals surface area contributed by atoms with E-state index in [2.05, 4.69) is 15.2 Å². The van der Waals surface area contributed by atoms with Gasteiger partial charge in [-0.25, -0.2) is 4.79 Å². The molecule has 0 aliphatic rings. The Morgan fingerprint density at radius 1 is 1.29 bits per heavy atom. The number of rotatable bonds is 1. The van der Waals surface area contributed by atoms with Gasteiger partial charge in [0.05, 0.1) is 0 Å². The molecule has 0 radical (unpaired) electrons. The van der Waals surface area contributed by atoms with Gasteiger partial charge in [0.2, 0.25) is 0 Å². The van der Waals surface area contributed by atoms with Gasteiger partial charge in [-0.3, -0.25) is 5.32 Å². The minimum absolute atomic E-state index is 0.453. The molecule has 0 bridgehead atoms. The van der Waals surface area contributed by atoms with Crippen LogP contribution in [0.3, 0.4) is 0 Å². The number of ether oxygens (including phenoxy) is 1. The Bertz CT molecular complexity index is 449. The molecule has 0 saturated carbocycles. The number of nitrogens with one attached hydrogen (secondary N) is 1. The van der Waals surface area contributed by atoms with Crippen LogP contribution in [0.1, 0.15) is 26.3 Å². The lowest BCUT2D eigenvalue weighted by atomic mass is 10.2. The SMILES string of the molecule is CC(C)(C)OC(=O)Nc1ccc(C#CI)cc1. The largest absolute Gasteiger partial charge is 0.444 e. The van der Waals surface area contributed by atoms with E-state index in [9.17, 15) is 4.79 Å². The normalized spacial score (nSPS) is 10.1. The number of amides is 1.